The van der Waals surface area contributed by atoms with Crippen LogP contribution in [-0.2, 0) is 26.5 Å². The molecule has 0 saturated heterocycles. The van der Waals surface area contributed by atoms with E-state index in [1.807, 2.05) is 24.3 Å². The average Bonchev–Trinajstić information content (AvgIpc) is 2.36. The molecule has 0 spiro atoms. The minimum Gasteiger partial charge on any atom is -0.331 e. The summed E-state index contributed by atoms with van der Waals surface area (Å²) < 4.78 is 15.8. The van der Waals surface area contributed by atoms with Gasteiger partial charge in [0.15, 0.2) is 0 Å². The number of halogens is 1. The molecule has 0 unspecified atom stereocenters. The van der Waals surface area contributed by atoms with Crippen LogP contribution in [-0.4, -0.2) is 27.3 Å². The highest BCUT2D eigenvalue weighted by Gasteiger charge is 2.30. The van der Waals surface area contributed by atoms with Crippen molar-refractivity contribution in [3.63, 3.8) is 0 Å². The SMILES string of the molecule is COC(Cc1ccccc1CCl)(OC)OC. The highest BCUT2D eigenvalue weighted by atomic mass is 35.5. The minimum absolute atomic E-state index is 0.462. The van der Waals surface area contributed by atoms with Crippen LogP contribution in [0.25, 0.3) is 0 Å². The number of hydrogen-bond donors (Lipinski definition) is 0. The van der Waals surface area contributed by atoms with E-state index in [1.165, 1.54) is 0 Å². The second-order valence-electron chi connectivity index (χ2n) is 3.37. The lowest BCUT2D eigenvalue weighted by molar-refractivity contribution is -0.351. The molecule has 0 N–H and O–H groups in total. The van der Waals surface area contributed by atoms with Gasteiger partial charge in [0.2, 0.25) is 0 Å². The summed E-state index contributed by atoms with van der Waals surface area (Å²) in [7, 11) is 4.66. The highest BCUT2D eigenvalue weighted by Crippen LogP contribution is 2.22. The minimum atomic E-state index is -1.04. The van der Waals surface area contributed by atoms with Crippen LogP contribution in [0.1, 0.15) is 11.1 Å². The Balaban J connectivity index is 2.93. The van der Waals surface area contributed by atoms with E-state index in [4.69, 9.17) is 25.8 Å². The zero-order valence-electron chi connectivity index (χ0n) is 9.83. The van der Waals surface area contributed by atoms with E-state index < -0.39 is 5.97 Å². The fraction of sp³-hybridized carbons (Fsp3) is 0.500. The van der Waals surface area contributed by atoms with Gasteiger partial charge in [-0.05, 0) is 11.1 Å². The first-order valence-electron chi connectivity index (χ1n) is 4.99. The van der Waals surface area contributed by atoms with E-state index >= 15 is 0 Å². The Labute approximate surface area is 101 Å². The van der Waals surface area contributed by atoms with Crippen molar-refractivity contribution in [2.45, 2.75) is 18.3 Å². The molecule has 0 heterocycles. The number of ether oxygens (including phenoxy) is 3. The van der Waals surface area contributed by atoms with Crippen molar-refractivity contribution in [1.29, 1.82) is 0 Å². The lowest BCUT2D eigenvalue weighted by Crippen LogP contribution is -2.38. The Kier molecular flexibility index (Phi) is 5.22. The van der Waals surface area contributed by atoms with Crippen molar-refractivity contribution in [2.24, 2.45) is 0 Å². The van der Waals surface area contributed by atoms with Gasteiger partial charge in [-0.2, -0.15) is 0 Å². The molecule has 0 bridgehead atoms. The van der Waals surface area contributed by atoms with Gasteiger partial charge in [-0.25, -0.2) is 0 Å². The first-order chi connectivity index (χ1) is 7.71. The van der Waals surface area contributed by atoms with Gasteiger partial charge in [0.05, 0.1) is 6.42 Å². The predicted molar refractivity (Wildman–Crippen MR) is 63.5 cm³/mol. The van der Waals surface area contributed by atoms with Gasteiger partial charge >= 0.3 is 0 Å². The first kappa shape index (κ1) is 13.5. The highest BCUT2D eigenvalue weighted by molar-refractivity contribution is 6.17. The lowest BCUT2D eigenvalue weighted by Gasteiger charge is -2.29. The third-order valence-corrected chi connectivity index (χ3v) is 2.89. The van der Waals surface area contributed by atoms with E-state index in [9.17, 15) is 0 Å². The van der Waals surface area contributed by atoms with E-state index in [2.05, 4.69) is 0 Å². The standard InChI is InChI=1S/C12H17ClO3/c1-14-12(15-2,16-3)8-10-6-4-5-7-11(10)9-13/h4-7H,8-9H2,1-3H3. The average molecular weight is 245 g/mol. The molecule has 16 heavy (non-hydrogen) atoms. The van der Waals surface area contributed by atoms with Crippen LogP contribution in [0, 0.1) is 0 Å². The summed E-state index contributed by atoms with van der Waals surface area (Å²) in [5, 5.41) is 0. The van der Waals surface area contributed by atoms with E-state index in [0.717, 1.165) is 11.1 Å². The van der Waals surface area contributed by atoms with Gasteiger partial charge < -0.3 is 14.2 Å². The molecule has 0 radical (unpaired) electrons. The summed E-state index contributed by atoms with van der Waals surface area (Å²) in [5.41, 5.74) is 2.11. The summed E-state index contributed by atoms with van der Waals surface area (Å²) in [6.45, 7) is 0. The largest absolute Gasteiger partial charge is 0.331 e. The molecule has 0 amide bonds. The Morgan fingerprint density at radius 2 is 1.50 bits per heavy atom. The number of alkyl halides is 1. The number of rotatable bonds is 6. The summed E-state index contributed by atoms with van der Waals surface area (Å²) in [4.78, 5) is 0. The molecule has 90 valence electrons. The molecule has 0 aliphatic heterocycles. The van der Waals surface area contributed by atoms with Crippen molar-refractivity contribution in [3.8, 4) is 0 Å². The molecule has 0 atom stereocenters. The smallest absolute Gasteiger partial charge is 0.286 e. The maximum absolute atomic E-state index is 5.87. The second kappa shape index (κ2) is 6.21. The molecule has 0 aliphatic carbocycles. The third kappa shape index (κ3) is 2.95. The summed E-state index contributed by atoms with van der Waals surface area (Å²) >= 11 is 5.87. The third-order valence-electron chi connectivity index (χ3n) is 2.60. The molecule has 4 heteroatoms. The topological polar surface area (TPSA) is 27.7 Å². The van der Waals surface area contributed by atoms with Gasteiger partial charge in [-0.3, -0.25) is 0 Å². The predicted octanol–water partition coefficient (Wildman–Crippen LogP) is 2.56. The van der Waals surface area contributed by atoms with Crippen molar-refractivity contribution in [1.82, 2.24) is 0 Å². The molecule has 1 aromatic rings. The van der Waals surface area contributed by atoms with Gasteiger partial charge in [-0.15, -0.1) is 11.6 Å². The maximum atomic E-state index is 5.87. The Morgan fingerprint density at radius 3 is 1.94 bits per heavy atom. The number of methoxy groups -OCH3 is 3. The van der Waals surface area contributed by atoms with E-state index in [1.54, 1.807) is 21.3 Å². The summed E-state index contributed by atoms with van der Waals surface area (Å²) in [6, 6.07) is 7.88. The van der Waals surface area contributed by atoms with Crippen LogP contribution in [0.4, 0.5) is 0 Å². The molecule has 1 aromatic carbocycles. The number of benzene rings is 1. The molecular weight excluding hydrogens is 228 g/mol. The normalized spacial score (nSPS) is 11.8. The molecule has 1 rings (SSSR count). The van der Waals surface area contributed by atoms with Crippen LogP contribution in [0.2, 0.25) is 0 Å². The quantitative estimate of drug-likeness (QED) is 0.569. The van der Waals surface area contributed by atoms with Crippen molar-refractivity contribution in [2.75, 3.05) is 21.3 Å². The van der Waals surface area contributed by atoms with Gasteiger partial charge in [0.1, 0.15) is 0 Å². The first-order valence-corrected chi connectivity index (χ1v) is 5.53. The van der Waals surface area contributed by atoms with Crippen LogP contribution in [0.5, 0.6) is 0 Å². The van der Waals surface area contributed by atoms with Crippen molar-refractivity contribution < 1.29 is 14.2 Å². The van der Waals surface area contributed by atoms with E-state index in [-0.39, 0.29) is 0 Å². The Morgan fingerprint density at radius 1 is 1.00 bits per heavy atom. The molecule has 0 aromatic heterocycles. The Hall–Kier alpha value is -0.610. The summed E-state index contributed by atoms with van der Waals surface area (Å²) in [6.07, 6.45) is 0.499. The maximum Gasteiger partial charge on any atom is 0.286 e. The van der Waals surface area contributed by atoms with Crippen molar-refractivity contribution in [3.05, 3.63) is 35.4 Å². The fourth-order valence-electron chi connectivity index (χ4n) is 1.56. The van der Waals surface area contributed by atoms with Crippen LogP contribution < -0.4 is 0 Å². The lowest BCUT2D eigenvalue weighted by atomic mass is 10.0. The molecule has 0 saturated carbocycles. The second-order valence-corrected chi connectivity index (χ2v) is 3.64. The van der Waals surface area contributed by atoms with E-state index in [0.29, 0.717) is 12.3 Å². The monoisotopic (exact) mass is 244 g/mol. The fourth-order valence-corrected chi connectivity index (χ4v) is 1.82. The summed E-state index contributed by atoms with van der Waals surface area (Å²) in [5.74, 6) is -0.578. The van der Waals surface area contributed by atoms with Gasteiger partial charge in [0.25, 0.3) is 5.97 Å². The zero-order chi connectivity index (χ0) is 12.0. The van der Waals surface area contributed by atoms with Crippen LogP contribution >= 0.6 is 11.6 Å². The number of hydrogen-bond acceptors (Lipinski definition) is 3. The van der Waals surface area contributed by atoms with Gasteiger partial charge in [-0.1, -0.05) is 24.3 Å². The molecular formula is C12H17ClO3. The van der Waals surface area contributed by atoms with Gasteiger partial charge in [0, 0.05) is 27.2 Å². The van der Waals surface area contributed by atoms with Crippen LogP contribution in [0.15, 0.2) is 24.3 Å². The zero-order valence-corrected chi connectivity index (χ0v) is 10.6. The molecule has 0 fully saturated rings. The van der Waals surface area contributed by atoms with Crippen molar-refractivity contribution >= 4 is 11.6 Å². The Bertz CT molecular complexity index is 316. The molecule has 0 aliphatic rings. The van der Waals surface area contributed by atoms with Crippen LogP contribution in [0.3, 0.4) is 0 Å². The molecule has 3 nitrogen and oxygen atoms in total.